The molecule has 0 saturated heterocycles. The lowest BCUT2D eigenvalue weighted by molar-refractivity contribution is -0.144. The van der Waals surface area contributed by atoms with E-state index in [0.29, 0.717) is 24.3 Å². The summed E-state index contributed by atoms with van der Waals surface area (Å²) in [6.07, 6.45) is 0.496. The maximum Gasteiger partial charge on any atom is 0.316 e. The highest BCUT2D eigenvalue weighted by Crippen LogP contribution is 2.23. The molecule has 5 nitrogen and oxygen atoms in total. The van der Waals surface area contributed by atoms with E-state index in [1.54, 1.807) is 38.1 Å². The number of carboxylic acid groups (broad SMARTS) is 1. The van der Waals surface area contributed by atoms with Crippen LogP contribution in [-0.2, 0) is 16.0 Å². The summed E-state index contributed by atoms with van der Waals surface area (Å²) in [4.78, 5) is 22.5. The zero-order valence-corrected chi connectivity index (χ0v) is 11.2. The van der Waals surface area contributed by atoms with Crippen LogP contribution in [0.1, 0.15) is 25.8 Å². The summed E-state index contributed by atoms with van der Waals surface area (Å²) in [5.41, 5.74) is 5.48. The molecule has 0 bridgehead atoms. The smallest absolute Gasteiger partial charge is 0.316 e. The number of carbonyl (C=O) groups excluding carboxylic acids is 1. The fraction of sp³-hybridized carbons (Fsp3) is 0.429. The van der Waals surface area contributed by atoms with Gasteiger partial charge in [0, 0.05) is 0 Å². The van der Waals surface area contributed by atoms with E-state index in [1.807, 2.05) is 0 Å². The zero-order chi connectivity index (χ0) is 14.5. The van der Waals surface area contributed by atoms with Gasteiger partial charge in [-0.05, 0) is 44.5 Å². The maximum absolute atomic E-state index is 11.9. The molecule has 0 saturated carbocycles. The first-order chi connectivity index (χ1) is 8.85. The largest absolute Gasteiger partial charge is 0.481 e. The number of hydrogen-bond acceptors (Lipinski definition) is 4. The van der Waals surface area contributed by atoms with E-state index >= 15 is 0 Å². The van der Waals surface area contributed by atoms with E-state index in [2.05, 4.69) is 0 Å². The van der Waals surface area contributed by atoms with E-state index in [4.69, 9.17) is 15.6 Å². The highest BCUT2D eigenvalue weighted by Gasteiger charge is 2.28. The van der Waals surface area contributed by atoms with Crippen molar-refractivity contribution in [1.82, 2.24) is 0 Å². The SMILES string of the molecule is CC(C)(CCN)C(=O)Oc1ccc(CC(=O)O)cc1. The zero-order valence-electron chi connectivity index (χ0n) is 11.2. The van der Waals surface area contributed by atoms with Crippen molar-refractivity contribution in [1.29, 1.82) is 0 Å². The van der Waals surface area contributed by atoms with E-state index < -0.39 is 11.4 Å². The molecule has 0 atom stereocenters. The molecule has 1 aromatic carbocycles. The fourth-order valence-corrected chi connectivity index (χ4v) is 1.56. The van der Waals surface area contributed by atoms with E-state index in [9.17, 15) is 9.59 Å². The maximum atomic E-state index is 11.9. The van der Waals surface area contributed by atoms with Crippen LogP contribution in [0.15, 0.2) is 24.3 Å². The van der Waals surface area contributed by atoms with Gasteiger partial charge in [0.05, 0.1) is 11.8 Å². The minimum atomic E-state index is -0.895. The topological polar surface area (TPSA) is 89.6 Å². The van der Waals surface area contributed by atoms with Gasteiger partial charge in [0.1, 0.15) is 5.75 Å². The Kier molecular flexibility index (Phi) is 5.06. The molecule has 0 heterocycles. The first-order valence-electron chi connectivity index (χ1n) is 6.08. The van der Waals surface area contributed by atoms with Crippen molar-refractivity contribution in [3.05, 3.63) is 29.8 Å². The minimum absolute atomic E-state index is 0.0487. The lowest BCUT2D eigenvalue weighted by Gasteiger charge is -2.21. The van der Waals surface area contributed by atoms with Gasteiger partial charge in [0.2, 0.25) is 0 Å². The summed E-state index contributed by atoms with van der Waals surface area (Å²) >= 11 is 0. The molecular weight excluding hydrogens is 246 g/mol. The number of ether oxygens (including phenoxy) is 1. The Morgan fingerprint density at radius 3 is 2.32 bits per heavy atom. The lowest BCUT2D eigenvalue weighted by atomic mass is 9.90. The molecule has 0 fully saturated rings. The summed E-state index contributed by atoms with van der Waals surface area (Å²) in [5, 5.41) is 8.65. The Morgan fingerprint density at radius 1 is 1.26 bits per heavy atom. The Balaban J connectivity index is 2.67. The quantitative estimate of drug-likeness (QED) is 0.602. The van der Waals surface area contributed by atoms with Crippen LogP contribution < -0.4 is 10.5 Å². The number of rotatable bonds is 6. The monoisotopic (exact) mass is 265 g/mol. The third-order valence-electron chi connectivity index (χ3n) is 2.81. The molecule has 0 amide bonds. The first kappa shape index (κ1) is 15.2. The standard InChI is InChI=1S/C14H19NO4/c1-14(2,7-8-15)13(18)19-11-5-3-10(4-6-11)9-12(16)17/h3-6H,7-9,15H2,1-2H3,(H,16,17). The second-order valence-corrected chi connectivity index (χ2v) is 5.03. The van der Waals surface area contributed by atoms with Gasteiger partial charge in [0.25, 0.3) is 0 Å². The van der Waals surface area contributed by atoms with Crippen LogP contribution in [0.4, 0.5) is 0 Å². The van der Waals surface area contributed by atoms with Crippen molar-refractivity contribution >= 4 is 11.9 Å². The van der Waals surface area contributed by atoms with Gasteiger partial charge in [-0.1, -0.05) is 12.1 Å². The van der Waals surface area contributed by atoms with Gasteiger partial charge in [-0.15, -0.1) is 0 Å². The molecular formula is C14H19NO4. The van der Waals surface area contributed by atoms with Gasteiger partial charge in [-0.3, -0.25) is 9.59 Å². The van der Waals surface area contributed by atoms with Crippen LogP contribution in [0, 0.1) is 5.41 Å². The van der Waals surface area contributed by atoms with Gasteiger partial charge in [-0.2, -0.15) is 0 Å². The molecule has 3 N–H and O–H groups in total. The van der Waals surface area contributed by atoms with Crippen molar-refractivity contribution in [3.63, 3.8) is 0 Å². The van der Waals surface area contributed by atoms with Gasteiger partial charge in [-0.25, -0.2) is 0 Å². The van der Waals surface area contributed by atoms with E-state index in [-0.39, 0.29) is 12.4 Å². The summed E-state index contributed by atoms with van der Waals surface area (Å²) in [6, 6.07) is 6.45. The van der Waals surface area contributed by atoms with Crippen molar-refractivity contribution in [3.8, 4) is 5.75 Å². The minimum Gasteiger partial charge on any atom is -0.481 e. The third kappa shape index (κ3) is 4.71. The normalized spacial score (nSPS) is 11.1. The summed E-state index contributed by atoms with van der Waals surface area (Å²) < 4.78 is 5.25. The molecule has 0 aliphatic rings. The molecule has 0 radical (unpaired) electrons. The van der Waals surface area contributed by atoms with Crippen molar-refractivity contribution < 1.29 is 19.4 Å². The molecule has 0 aromatic heterocycles. The molecule has 0 aliphatic heterocycles. The average Bonchev–Trinajstić information content (AvgIpc) is 2.30. The van der Waals surface area contributed by atoms with Crippen molar-refractivity contribution in [2.45, 2.75) is 26.7 Å². The molecule has 0 unspecified atom stereocenters. The summed E-state index contributed by atoms with van der Waals surface area (Å²) in [5.74, 6) is -0.831. The third-order valence-corrected chi connectivity index (χ3v) is 2.81. The number of aliphatic carboxylic acids is 1. The van der Waals surface area contributed by atoms with Crippen LogP contribution in [0.2, 0.25) is 0 Å². The number of esters is 1. The Morgan fingerprint density at radius 2 is 1.84 bits per heavy atom. The van der Waals surface area contributed by atoms with Gasteiger partial charge in [0.15, 0.2) is 0 Å². The predicted molar refractivity (Wildman–Crippen MR) is 70.9 cm³/mol. The molecule has 0 spiro atoms. The number of nitrogens with two attached hydrogens (primary N) is 1. The lowest BCUT2D eigenvalue weighted by Crippen LogP contribution is -2.31. The van der Waals surface area contributed by atoms with Crippen molar-refractivity contribution in [2.75, 3.05) is 6.54 Å². The van der Waals surface area contributed by atoms with E-state index in [1.165, 1.54) is 0 Å². The van der Waals surface area contributed by atoms with Crippen LogP contribution in [0.3, 0.4) is 0 Å². The number of carbonyl (C=O) groups is 2. The van der Waals surface area contributed by atoms with Crippen molar-refractivity contribution in [2.24, 2.45) is 11.1 Å². The number of benzene rings is 1. The Labute approximate surface area is 112 Å². The van der Waals surface area contributed by atoms with Gasteiger partial charge >= 0.3 is 11.9 Å². The summed E-state index contributed by atoms with van der Waals surface area (Å²) in [6.45, 7) is 3.97. The molecule has 1 rings (SSSR count). The molecule has 5 heteroatoms. The Hall–Kier alpha value is -1.88. The van der Waals surface area contributed by atoms with Crippen LogP contribution >= 0.6 is 0 Å². The summed E-state index contributed by atoms with van der Waals surface area (Å²) in [7, 11) is 0. The highest BCUT2D eigenvalue weighted by atomic mass is 16.5. The average molecular weight is 265 g/mol. The highest BCUT2D eigenvalue weighted by molar-refractivity contribution is 5.78. The number of hydrogen-bond donors (Lipinski definition) is 2. The molecule has 19 heavy (non-hydrogen) atoms. The van der Waals surface area contributed by atoms with E-state index in [0.717, 1.165) is 0 Å². The number of carboxylic acids is 1. The second-order valence-electron chi connectivity index (χ2n) is 5.03. The Bertz CT molecular complexity index is 451. The van der Waals surface area contributed by atoms with Crippen LogP contribution in [0.5, 0.6) is 5.75 Å². The molecule has 1 aromatic rings. The van der Waals surface area contributed by atoms with Crippen LogP contribution in [-0.4, -0.2) is 23.6 Å². The van der Waals surface area contributed by atoms with Gasteiger partial charge < -0.3 is 15.6 Å². The van der Waals surface area contributed by atoms with Crippen LogP contribution in [0.25, 0.3) is 0 Å². The first-order valence-corrected chi connectivity index (χ1v) is 6.08. The second kappa shape index (κ2) is 6.33. The molecule has 0 aliphatic carbocycles. The molecule has 104 valence electrons. The fourth-order valence-electron chi connectivity index (χ4n) is 1.56. The predicted octanol–water partition coefficient (Wildman–Crippen LogP) is 1.59.